The van der Waals surface area contributed by atoms with Crippen LogP contribution in [0.5, 0.6) is 5.75 Å². The molecule has 0 fully saturated rings. The van der Waals surface area contributed by atoms with Gasteiger partial charge in [0.15, 0.2) is 0 Å². The summed E-state index contributed by atoms with van der Waals surface area (Å²) >= 11 is 0. The highest BCUT2D eigenvalue weighted by molar-refractivity contribution is 6.04. The Hall–Kier alpha value is -3.14. The van der Waals surface area contributed by atoms with E-state index in [4.69, 9.17) is 4.74 Å². The molecule has 142 valence electrons. The van der Waals surface area contributed by atoms with Crippen molar-refractivity contribution >= 4 is 11.6 Å². The Morgan fingerprint density at radius 2 is 2.00 bits per heavy atom. The molecular weight excluding hydrogens is 354 g/mol. The molecule has 0 unspecified atom stereocenters. The van der Waals surface area contributed by atoms with Crippen LogP contribution in [0.4, 0.5) is 0 Å². The Morgan fingerprint density at radius 1 is 1.25 bits per heavy atom. The molecule has 6 nitrogen and oxygen atoms in total. The minimum absolute atomic E-state index is 0.0882. The van der Waals surface area contributed by atoms with E-state index in [0.29, 0.717) is 34.7 Å². The van der Waals surface area contributed by atoms with E-state index in [1.807, 2.05) is 38.1 Å². The second-order valence-corrected chi connectivity index (χ2v) is 7.63. The van der Waals surface area contributed by atoms with Gasteiger partial charge >= 0.3 is 0 Å². The lowest BCUT2D eigenvalue weighted by Gasteiger charge is -2.40. The number of fused-ring (bicyclic) bond motifs is 2. The Labute approximate surface area is 163 Å². The number of likely N-dealkylation sites (N-methyl/N-ethyl adjacent to an activating group) is 1. The number of nitriles is 1. The van der Waals surface area contributed by atoms with E-state index >= 15 is 0 Å². The van der Waals surface area contributed by atoms with Crippen LogP contribution in [0.15, 0.2) is 48.0 Å². The van der Waals surface area contributed by atoms with Gasteiger partial charge in [0.25, 0.3) is 5.91 Å². The second kappa shape index (κ2) is 6.48. The standard InChI is InChI=1S/C22H21N3O3/c1-22(2)18(13-24(3)27)20(17-10-14(11-23)8-9-19(17)28-22)25-12-15-6-4-5-7-16(15)21(25)26/h4-10,27H,12-13H2,1-3H3. The maximum Gasteiger partial charge on any atom is 0.258 e. The van der Waals surface area contributed by atoms with Crippen molar-refractivity contribution in [1.29, 1.82) is 5.26 Å². The highest BCUT2D eigenvalue weighted by Crippen LogP contribution is 2.45. The van der Waals surface area contributed by atoms with E-state index < -0.39 is 5.60 Å². The Bertz CT molecular complexity index is 1050. The van der Waals surface area contributed by atoms with Gasteiger partial charge in [0, 0.05) is 23.7 Å². The Balaban J connectivity index is 1.95. The van der Waals surface area contributed by atoms with E-state index in [9.17, 15) is 15.3 Å². The summed E-state index contributed by atoms with van der Waals surface area (Å²) in [6.45, 7) is 4.48. The smallest absolute Gasteiger partial charge is 0.258 e. The average molecular weight is 375 g/mol. The first-order valence-corrected chi connectivity index (χ1v) is 9.09. The van der Waals surface area contributed by atoms with Crippen molar-refractivity contribution in [2.45, 2.75) is 26.0 Å². The first-order chi connectivity index (χ1) is 13.3. The van der Waals surface area contributed by atoms with Crippen LogP contribution >= 0.6 is 0 Å². The number of hydroxylamine groups is 2. The molecule has 4 rings (SSSR count). The topological polar surface area (TPSA) is 76.8 Å². The lowest BCUT2D eigenvalue weighted by Crippen LogP contribution is -2.42. The zero-order valence-electron chi connectivity index (χ0n) is 16.1. The van der Waals surface area contributed by atoms with Gasteiger partial charge in [-0.15, -0.1) is 0 Å². The minimum atomic E-state index is -0.734. The normalized spacial score (nSPS) is 17.3. The lowest BCUT2D eigenvalue weighted by molar-refractivity contribution is -0.0619. The molecule has 2 aromatic rings. The van der Waals surface area contributed by atoms with Crippen LogP contribution < -0.4 is 4.74 Å². The molecule has 0 saturated heterocycles. The van der Waals surface area contributed by atoms with Crippen LogP contribution in [0.2, 0.25) is 0 Å². The Kier molecular flexibility index (Phi) is 4.22. The van der Waals surface area contributed by atoms with Gasteiger partial charge in [-0.2, -0.15) is 10.3 Å². The van der Waals surface area contributed by atoms with Gasteiger partial charge in [0.05, 0.1) is 30.4 Å². The number of rotatable bonds is 3. The molecule has 2 aliphatic heterocycles. The number of amides is 1. The first-order valence-electron chi connectivity index (χ1n) is 9.09. The third-order valence-corrected chi connectivity index (χ3v) is 5.22. The van der Waals surface area contributed by atoms with E-state index in [0.717, 1.165) is 16.2 Å². The van der Waals surface area contributed by atoms with Crippen LogP contribution in [0.25, 0.3) is 5.70 Å². The molecule has 28 heavy (non-hydrogen) atoms. The summed E-state index contributed by atoms with van der Waals surface area (Å²) in [5.41, 5.74) is 3.55. The fourth-order valence-corrected chi connectivity index (χ4v) is 3.90. The molecule has 0 atom stereocenters. The predicted octanol–water partition coefficient (Wildman–Crippen LogP) is 3.42. The molecule has 0 aliphatic carbocycles. The van der Waals surface area contributed by atoms with Gasteiger partial charge in [0.2, 0.25) is 0 Å². The summed E-state index contributed by atoms with van der Waals surface area (Å²) in [4.78, 5) is 14.9. The number of carbonyl (C=O) groups excluding carboxylic acids is 1. The van der Waals surface area contributed by atoms with Crippen molar-refractivity contribution in [2.24, 2.45) is 0 Å². The number of benzene rings is 2. The van der Waals surface area contributed by atoms with Gasteiger partial charge < -0.3 is 14.8 Å². The quantitative estimate of drug-likeness (QED) is 0.832. The van der Waals surface area contributed by atoms with Gasteiger partial charge in [-0.05, 0) is 43.7 Å². The Morgan fingerprint density at radius 3 is 2.68 bits per heavy atom. The van der Waals surface area contributed by atoms with Crippen molar-refractivity contribution in [1.82, 2.24) is 9.96 Å². The van der Waals surface area contributed by atoms with E-state index in [-0.39, 0.29) is 12.5 Å². The summed E-state index contributed by atoms with van der Waals surface area (Å²) in [5, 5.41) is 20.4. The van der Waals surface area contributed by atoms with E-state index in [1.165, 1.54) is 0 Å². The van der Waals surface area contributed by atoms with Crippen molar-refractivity contribution in [3.63, 3.8) is 0 Å². The highest BCUT2D eigenvalue weighted by atomic mass is 16.5. The van der Waals surface area contributed by atoms with Crippen molar-refractivity contribution in [3.8, 4) is 11.8 Å². The third-order valence-electron chi connectivity index (χ3n) is 5.22. The molecule has 0 bridgehead atoms. The number of hydrogen-bond donors (Lipinski definition) is 1. The lowest BCUT2D eigenvalue weighted by atomic mass is 9.88. The summed E-state index contributed by atoms with van der Waals surface area (Å²) in [6, 6.07) is 14.9. The van der Waals surface area contributed by atoms with Crippen molar-refractivity contribution in [3.05, 3.63) is 70.3 Å². The monoisotopic (exact) mass is 375 g/mol. The predicted molar refractivity (Wildman–Crippen MR) is 104 cm³/mol. The van der Waals surface area contributed by atoms with Crippen LogP contribution in [-0.4, -0.2) is 40.3 Å². The van der Waals surface area contributed by atoms with Crippen LogP contribution in [-0.2, 0) is 6.54 Å². The molecule has 1 N–H and O–H groups in total. The van der Waals surface area contributed by atoms with Gasteiger partial charge in [-0.1, -0.05) is 18.2 Å². The van der Waals surface area contributed by atoms with Crippen molar-refractivity contribution in [2.75, 3.05) is 13.6 Å². The molecule has 1 amide bonds. The van der Waals surface area contributed by atoms with Gasteiger partial charge in [-0.25, -0.2) is 0 Å². The molecule has 6 heteroatoms. The van der Waals surface area contributed by atoms with E-state index in [2.05, 4.69) is 6.07 Å². The molecule has 0 saturated carbocycles. The number of nitrogens with zero attached hydrogens (tertiary/aromatic N) is 3. The van der Waals surface area contributed by atoms with Gasteiger partial charge in [0.1, 0.15) is 11.4 Å². The summed E-state index contributed by atoms with van der Waals surface area (Å²) in [7, 11) is 1.56. The number of carbonyl (C=O) groups is 1. The first kappa shape index (κ1) is 18.2. The van der Waals surface area contributed by atoms with Gasteiger partial charge in [-0.3, -0.25) is 4.79 Å². The molecule has 2 heterocycles. The highest BCUT2D eigenvalue weighted by Gasteiger charge is 2.41. The van der Waals surface area contributed by atoms with Crippen LogP contribution in [0, 0.1) is 11.3 Å². The third kappa shape index (κ3) is 2.85. The largest absolute Gasteiger partial charge is 0.483 e. The number of hydrogen-bond acceptors (Lipinski definition) is 5. The van der Waals surface area contributed by atoms with Crippen molar-refractivity contribution < 1.29 is 14.7 Å². The van der Waals surface area contributed by atoms with Crippen LogP contribution in [0.3, 0.4) is 0 Å². The zero-order chi connectivity index (χ0) is 20.1. The zero-order valence-corrected chi connectivity index (χ0v) is 16.1. The summed E-state index contributed by atoms with van der Waals surface area (Å²) < 4.78 is 6.19. The molecular formula is C22H21N3O3. The maximum absolute atomic E-state index is 13.2. The number of ether oxygens (including phenoxy) is 1. The maximum atomic E-state index is 13.2. The molecule has 0 spiro atoms. The summed E-state index contributed by atoms with van der Waals surface area (Å²) in [5.74, 6) is 0.529. The van der Waals surface area contributed by atoms with E-state index in [1.54, 1.807) is 30.1 Å². The fraction of sp³-hybridized carbons (Fsp3) is 0.273. The molecule has 2 aromatic carbocycles. The minimum Gasteiger partial charge on any atom is -0.483 e. The second-order valence-electron chi connectivity index (χ2n) is 7.63. The molecule has 0 aromatic heterocycles. The van der Waals surface area contributed by atoms with Crippen LogP contribution in [0.1, 0.15) is 40.9 Å². The molecule has 0 radical (unpaired) electrons. The SMILES string of the molecule is CN(O)CC1=C(N2Cc3ccccc3C2=O)c2cc(C#N)ccc2OC1(C)C. The summed E-state index contributed by atoms with van der Waals surface area (Å²) in [6.07, 6.45) is 0. The molecule has 2 aliphatic rings. The fourth-order valence-electron chi connectivity index (χ4n) is 3.90. The average Bonchev–Trinajstić information content (AvgIpc) is 2.98.